The monoisotopic (exact) mass is 425 g/mol. The van der Waals surface area contributed by atoms with Gasteiger partial charge in [-0.2, -0.15) is 0 Å². The molecule has 0 aliphatic carbocycles. The number of ether oxygens (including phenoxy) is 2. The quantitative estimate of drug-likeness (QED) is 0.535. The zero-order chi connectivity index (χ0) is 20.1. The van der Waals surface area contributed by atoms with Gasteiger partial charge in [-0.1, -0.05) is 18.2 Å². The van der Waals surface area contributed by atoms with Crippen LogP contribution in [0, 0.1) is 0 Å². The Bertz CT molecular complexity index is 754. The predicted molar refractivity (Wildman–Crippen MR) is 104 cm³/mol. The van der Waals surface area contributed by atoms with E-state index in [1.165, 1.54) is 0 Å². The summed E-state index contributed by atoms with van der Waals surface area (Å²) in [6, 6.07) is 8.37. The molecule has 1 unspecified atom stereocenters. The molecule has 29 heavy (non-hydrogen) atoms. The Kier molecular flexibility index (Phi) is 7.98. The van der Waals surface area contributed by atoms with E-state index in [1.54, 1.807) is 35.2 Å². The van der Waals surface area contributed by atoms with Gasteiger partial charge in [-0.3, -0.25) is 19.3 Å². The highest BCUT2D eigenvalue weighted by Gasteiger charge is 2.42. The molecule has 0 bridgehead atoms. The summed E-state index contributed by atoms with van der Waals surface area (Å²) in [7, 11) is 0. The van der Waals surface area contributed by atoms with Gasteiger partial charge in [-0.05, 0) is 38.1 Å². The fourth-order valence-corrected chi connectivity index (χ4v) is 3.37. The van der Waals surface area contributed by atoms with Gasteiger partial charge in [0.1, 0.15) is 18.8 Å². The number of amides is 2. The van der Waals surface area contributed by atoms with Gasteiger partial charge in [0, 0.05) is 13.0 Å². The first kappa shape index (κ1) is 22.6. The van der Waals surface area contributed by atoms with E-state index in [2.05, 4.69) is 10.1 Å². The van der Waals surface area contributed by atoms with Crippen molar-refractivity contribution in [2.24, 2.45) is 0 Å². The molecule has 10 heteroatoms. The zero-order valence-corrected chi connectivity index (χ0v) is 16.9. The zero-order valence-electron chi connectivity index (χ0n) is 16.0. The van der Waals surface area contributed by atoms with E-state index in [9.17, 15) is 19.2 Å². The maximum atomic E-state index is 12.8. The summed E-state index contributed by atoms with van der Waals surface area (Å²) in [6.07, 6.45) is 0.0305. The van der Waals surface area contributed by atoms with Crippen LogP contribution in [0.4, 0.5) is 0 Å². The van der Waals surface area contributed by atoms with Crippen molar-refractivity contribution in [2.45, 2.75) is 32.0 Å². The van der Waals surface area contributed by atoms with E-state index in [1.807, 2.05) is 0 Å². The molecule has 3 rings (SSSR count). The van der Waals surface area contributed by atoms with E-state index in [4.69, 9.17) is 4.74 Å². The maximum absolute atomic E-state index is 12.8. The molecule has 1 aromatic carbocycles. The third-order valence-corrected chi connectivity index (χ3v) is 4.72. The first-order valence-corrected chi connectivity index (χ1v) is 9.19. The van der Waals surface area contributed by atoms with Crippen LogP contribution in [-0.2, 0) is 23.9 Å². The molecule has 2 aliphatic rings. The van der Waals surface area contributed by atoms with Crippen LogP contribution in [0.15, 0.2) is 30.3 Å². The lowest BCUT2D eigenvalue weighted by Crippen LogP contribution is -2.63. The molecule has 2 heterocycles. The van der Waals surface area contributed by atoms with Crippen LogP contribution in [0.5, 0.6) is 5.75 Å². The molecule has 0 aromatic heterocycles. The highest BCUT2D eigenvalue weighted by Crippen LogP contribution is 2.20. The molecule has 2 saturated heterocycles. The summed E-state index contributed by atoms with van der Waals surface area (Å²) >= 11 is 0. The Morgan fingerprint density at radius 1 is 1.07 bits per heavy atom. The number of hydrogen-bond acceptors (Lipinski definition) is 7. The Labute approximate surface area is 174 Å². The van der Waals surface area contributed by atoms with E-state index in [-0.39, 0.29) is 37.4 Å². The summed E-state index contributed by atoms with van der Waals surface area (Å²) in [4.78, 5) is 51.7. The number of rotatable bonds is 5. The van der Waals surface area contributed by atoms with Crippen molar-refractivity contribution in [3.63, 3.8) is 0 Å². The van der Waals surface area contributed by atoms with E-state index < -0.39 is 24.1 Å². The highest BCUT2D eigenvalue weighted by molar-refractivity contribution is 5.96. The molecule has 2 fully saturated rings. The average molecular weight is 426 g/mol. The average Bonchev–Trinajstić information content (AvgIpc) is 2.68. The number of carbonyl (C=O) groups excluding carboxylic acids is 4. The molecule has 0 spiro atoms. The number of halogens is 1. The summed E-state index contributed by atoms with van der Waals surface area (Å²) in [5.41, 5.74) is 0. The number of benzene rings is 1. The standard InChI is InChI=1S/C19H23N3O6.ClH/c1-13(23)27-19(26)18(28-15-5-3-2-4-6-15)22-12-16(24)21(11-17(22)25)14-7-9-20-10-8-14;/h2-6,14,18,20H,7-12H2,1H3;1H. The second kappa shape index (κ2) is 10.2. The minimum Gasteiger partial charge on any atom is -0.459 e. The molecule has 9 nitrogen and oxygen atoms in total. The van der Waals surface area contributed by atoms with Gasteiger partial charge in [0.05, 0.1) is 0 Å². The van der Waals surface area contributed by atoms with Crippen molar-refractivity contribution in [1.82, 2.24) is 15.1 Å². The number of nitrogens with zero attached hydrogens (tertiary/aromatic N) is 2. The number of esters is 2. The van der Waals surface area contributed by atoms with E-state index >= 15 is 0 Å². The van der Waals surface area contributed by atoms with Crippen LogP contribution in [0.25, 0.3) is 0 Å². The van der Waals surface area contributed by atoms with Crippen molar-refractivity contribution in [3.05, 3.63) is 30.3 Å². The number of nitrogens with one attached hydrogen (secondary N) is 1. The molecule has 1 N–H and O–H groups in total. The van der Waals surface area contributed by atoms with Crippen LogP contribution >= 0.6 is 12.4 Å². The molecular weight excluding hydrogens is 402 g/mol. The van der Waals surface area contributed by atoms with Crippen molar-refractivity contribution in [1.29, 1.82) is 0 Å². The summed E-state index contributed by atoms with van der Waals surface area (Å²) in [5, 5.41) is 3.22. The summed E-state index contributed by atoms with van der Waals surface area (Å²) < 4.78 is 10.2. The van der Waals surface area contributed by atoms with Gasteiger partial charge in [-0.25, -0.2) is 4.79 Å². The maximum Gasteiger partial charge on any atom is 0.376 e. The normalized spacial score (nSPS) is 18.7. The van der Waals surface area contributed by atoms with Gasteiger partial charge in [0.25, 0.3) is 6.23 Å². The smallest absolute Gasteiger partial charge is 0.376 e. The molecule has 0 radical (unpaired) electrons. The van der Waals surface area contributed by atoms with Crippen LogP contribution in [0.2, 0.25) is 0 Å². The number of piperazine rings is 1. The van der Waals surface area contributed by atoms with Crippen LogP contribution in [0.3, 0.4) is 0 Å². The SMILES string of the molecule is CC(=O)OC(=O)C(Oc1ccccc1)N1CC(=O)N(C2CCNCC2)CC1=O.Cl. The molecule has 1 aromatic rings. The van der Waals surface area contributed by atoms with Crippen LogP contribution in [-0.4, -0.2) is 72.0 Å². The van der Waals surface area contributed by atoms with E-state index in [0.29, 0.717) is 5.75 Å². The molecule has 158 valence electrons. The minimum atomic E-state index is -1.52. The first-order chi connectivity index (χ1) is 13.5. The van der Waals surface area contributed by atoms with Crippen LogP contribution < -0.4 is 10.1 Å². The molecule has 2 aliphatic heterocycles. The van der Waals surface area contributed by atoms with Gasteiger partial charge in [0.2, 0.25) is 11.8 Å². The summed E-state index contributed by atoms with van der Waals surface area (Å²) in [6.45, 7) is 2.21. The molecule has 1 atom stereocenters. The fourth-order valence-electron chi connectivity index (χ4n) is 3.37. The lowest BCUT2D eigenvalue weighted by Gasteiger charge is -2.41. The summed E-state index contributed by atoms with van der Waals surface area (Å²) in [5.74, 6) is -2.23. The predicted octanol–water partition coefficient (Wildman–Crippen LogP) is 0.326. The number of piperidine rings is 1. The van der Waals surface area contributed by atoms with Crippen molar-refractivity contribution < 1.29 is 28.7 Å². The minimum absolute atomic E-state index is 0. The Balaban J connectivity index is 0.00000300. The lowest BCUT2D eigenvalue weighted by molar-refractivity contribution is -0.178. The second-order valence-corrected chi connectivity index (χ2v) is 6.72. The largest absolute Gasteiger partial charge is 0.459 e. The number of carbonyl (C=O) groups is 4. The van der Waals surface area contributed by atoms with Gasteiger partial charge < -0.3 is 19.7 Å². The third kappa shape index (κ3) is 5.68. The number of para-hydroxylation sites is 1. The van der Waals surface area contributed by atoms with Crippen LogP contribution in [0.1, 0.15) is 19.8 Å². The first-order valence-electron chi connectivity index (χ1n) is 9.19. The van der Waals surface area contributed by atoms with E-state index in [0.717, 1.165) is 37.8 Å². The van der Waals surface area contributed by atoms with Crippen molar-refractivity contribution in [3.8, 4) is 5.75 Å². The van der Waals surface area contributed by atoms with Crippen molar-refractivity contribution in [2.75, 3.05) is 26.2 Å². The highest BCUT2D eigenvalue weighted by atomic mass is 35.5. The Morgan fingerprint density at radius 3 is 2.34 bits per heavy atom. The molecule has 0 saturated carbocycles. The van der Waals surface area contributed by atoms with Gasteiger partial charge >= 0.3 is 11.9 Å². The molecular formula is C19H24ClN3O6. The van der Waals surface area contributed by atoms with Gasteiger partial charge in [0.15, 0.2) is 0 Å². The van der Waals surface area contributed by atoms with Gasteiger partial charge in [-0.15, -0.1) is 12.4 Å². The molecule has 2 amide bonds. The fraction of sp³-hybridized carbons (Fsp3) is 0.474. The Morgan fingerprint density at radius 2 is 1.72 bits per heavy atom. The number of hydrogen-bond donors (Lipinski definition) is 1. The second-order valence-electron chi connectivity index (χ2n) is 6.72. The van der Waals surface area contributed by atoms with Crippen molar-refractivity contribution >= 4 is 36.2 Å². The lowest BCUT2D eigenvalue weighted by atomic mass is 10.0. The topological polar surface area (TPSA) is 105 Å². The Hall–Kier alpha value is -2.65. The third-order valence-electron chi connectivity index (χ3n) is 4.72.